The first-order chi connectivity index (χ1) is 7.58. The maximum atomic E-state index is 10.6. The summed E-state index contributed by atoms with van der Waals surface area (Å²) in [5.41, 5.74) is 0. The first-order valence-electron chi connectivity index (χ1n) is 5.69. The van der Waals surface area contributed by atoms with Crippen LogP contribution in [0.4, 0.5) is 0 Å². The van der Waals surface area contributed by atoms with Gasteiger partial charge in [-0.2, -0.15) is 0 Å². The second-order valence-corrected chi connectivity index (χ2v) is 6.91. The first kappa shape index (κ1) is 14.2. The van der Waals surface area contributed by atoms with Crippen molar-refractivity contribution in [1.29, 1.82) is 0 Å². The monoisotopic (exact) mass is 270 g/mol. The van der Waals surface area contributed by atoms with E-state index in [1.807, 2.05) is 0 Å². The lowest BCUT2D eigenvalue weighted by Gasteiger charge is -2.09. The smallest absolute Gasteiger partial charge is 0.232 e. The van der Waals surface area contributed by atoms with Crippen molar-refractivity contribution in [3.05, 3.63) is 0 Å². The molecule has 1 saturated heterocycles. The van der Waals surface area contributed by atoms with Crippen molar-refractivity contribution in [3.8, 4) is 0 Å². The van der Waals surface area contributed by atoms with Gasteiger partial charge in [-0.05, 0) is 25.7 Å². The van der Waals surface area contributed by atoms with Crippen molar-refractivity contribution < 1.29 is 17.9 Å². The lowest BCUT2D eigenvalue weighted by Crippen LogP contribution is -2.14. The molecule has 16 heavy (non-hydrogen) atoms. The Morgan fingerprint density at radius 3 is 2.75 bits per heavy atom. The van der Waals surface area contributed by atoms with Crippen LogP contribution >= 0.6 is 10.7 Å². The number of hydrogen-bond acceptors (Lipinski definition) is 4. The fourth-order valence-electron chi connectivity index (χ4n) is 1.65. The van der Waals surface area contributed by atoms with Crippen LogP contribution in [-0.2, 0) is 18.5 Å². The van der Waals surface area contributed by atoms with Crippen molar-refractivity contribution >= 4 is 19.7 Å². The molecule has 6 heteroatoms. The van der Waals surface area contributed by atoms with Gasteiger partial charge in [-0.3, -0.25) is 0 Å². The Kier molecular flexibility index (Phi) is 6.65. The van der Waals surface area contributed by atoms with Gasteiger partial charge in [0.1, 0.15) is 0 Å². The fraction of sp³-hybridized carbons (Fsp3) is 1.00. The summed E-state index contributed by atoms with van der Waals surface area (Å²) < 4.78 is 32.1. The third kappa shape index (κ3) is 7.44. The molecule has 1 heterocycles. The van der Waals surface area contributed by atoms with E-state index in [-0.39, 0.29) is 11.9 Å². The van der Waals surface area contributed by atoms with Crippen LogP contribution < -0.4 is 0 Å². The van der Waals surface area contributed by atoms with E-state index in [1.54, 1.807) is 0 Å². The van der Waals surface area contributed by atoms with Gasteiger partial charge in [0.2, 0.25) is 9.05 Å². The number of halogens is 1. The Balaban J connectivity index is 1.84. The number of ether oxygens (including phenoxy) is 2. The van der Waals surface area contributed by atoms with Gasteiger partial charge in [0.25, 0.3) is 0 Å². The van der Waals surface area contributed by atoms with E-state index in [0.29, 0.717) is 19.6 Å². The zero-order chi connectivity index (χ0) is 11.9. The minimum atomic E-state index is -3.32. The van der Waals surface area contributed by atoms with E-state index in [2.05, 4.69) is 0 Å². The predicted octanol–water partition coefficient (Wildman–Crippen LogP) is 1.92. The first-order valence-corrected chi connectivity index (χ1v) is 8.17. The van der Waals surface area contributed by atoms with Gasteiger partial charge in [-0.15, -0.1) is 0 Å². The molecule has 0 aromatic carbocycles. The molecule has 1 fully saturated rings. The molecule has 1 unspecified atom stereocenters. The van der Waals surface area contributed by atoms with Crippen LogP contribution in [-0.4, -0.2) is 40.1 Å². The Hall–Kier alpha value is 0.160. The van der Waals surface area contributed by atoms with Gasteiger partial charge in [0.15, 0.2) is 0 Å². The predicted molar refractivity (Wildman–Crippen MR) is 63.3 cm³/mol. The molecule has 0 aliphatic carbocycles. The van der Waals surface area contributed by atoms with Gasteiger partial charge >= 0.3 is 0 Å². The van der Waals surface area contributed by atoms with E-state index < -0.39 is 9.05 Å². The zero-order valence-electron chi connectivity index (χ0n) is 9.36. The summed E-state index contributed by atoms with van der Waals surface area (Å²) in [6.07, 6.45) is 4.79. The molecule has 4 nitrogen and oxygen atoms in total. The maximum absolute atomic E-state index is 10.6. The molecule has 0 radical (unpaired) electrons. The lowest BCUT2D eigenvalue weighted by molar-refractivity contribution is 0.0162. The molecule has 1 rings (SSSR count). The molecular formula is C10H19ClO4S. The average Bonchev–Trinajstić information content (AvgIpc) is 2.67. The van der Waals surface area contributed by atoms with Crippen LogP contribution in [0.2, 0.25) is 0 Å². The molecule has 1 aliphatic rings. The van der Waals surface area contributed by atoms with E-state index in [0.717, 1.165) is 32.3 Å². The number of rotatable bonds is 8. The highest BCUT2D eigenvalue weighted by Gasteiger charge is 2.14. The quantitative estimate of drug-likeness (QED) is 0.499. The van der Waals surface area contributed by atoms with Crippen molar-refractivity contribution in [2.75, 3.05) is 25.6 Å². The molecule has 0 aromatic rings. The fourth-order valence-corrected chi connectivity index (χ4v) is 2.52. The summed E-state index contributed by atoms with van der Waals surface area (Å²) in [5.74, 6) is 0.0558. The maximum Gasteiger partial charge on any atom is 0.232 e. The van der Waals surface area contributed by atoms with Crippen LogP contribution in [0.3, 0.4) is 0 Å². The molecule has 0 bridgehead atoms. The molecule has 1 aliphatic heterocycles. The summed E-state index contributed by atoms with van der Waals surface area (Å²) in [7, 11) is 1.77. The van der Waals surface area contributed by atoms with Gasteiger partial charge in [-0.25, -0.2) is 8.42 Å². The van der Waals surface area contributed by atoms with Crippen molar-refractivity contribution in [2.24, 2.45) is 0 Å². The molecule has 0 spiro atoms. The normalized spacial score (nSPS) is 21.4. The average molecular weight is 271 g/mol. The highest BCUT2D eigenvalue weighted by Crippen LogP contribution is 2.12. The minimum absolute atomic E-state index is 0.0558. The summed E-state index contributed by atoms with van der Waals surface area (Å²) >= 11 is 0. The molecule has 0 saturated carbocycles. The highest BCUT2D eigenvalue weighted by atomic mass is 35.7. The Bertz CT molecular complexity index is 273. The largest absolute Gasteiger partial charge is 0.379 e. The standard InChI is InChI=1S/C10H19ClO4S/c11-16(12,13)8-3-1-2-6-14-9-10-5-4-7-15-10/h10H,1-9H2. The van der Waals surface area contributed by atoms with Crippen LogP contribution in [0, 0.1) is 0 Å². The van der Waals surface area contributed by atoms with Gasteiger partial charge in [-0.1, -0.05) is 6.42 Å². The van der Waals surface area contributed by atoms with Crippen LogP contribution in [0.1, 0.15) is 32.1 Å². The van der Waals surface area contributed by atoms with Crippen molar-refractivity contribution in [3.63, 3.8) is 0 Å². The van der Waals surface area contributed by atoms with Gasteiger partial charge < -0.3 is 9.47 Å². The van der Waals surface area contributed by atoms with Gasteiger partial charge in [0, 0.05) is 23.9 Å². The minimum Gasteiger partial charge on any atom is -0.379 e. The van der Waals surface area contributed by atoms with Crippen LogP contribution in [0.25, 0.3) is 0 Å². The summed E-state index contributed by atoms with van der Waals surface area (Å²) in [6, 6.07) is 0. The molecule has 1 atom stereocenters. The molecule has 0 N–H and O–H groups in total. The van der Waals surface area contributed by atoms with Gasteiger partial charge in [0.05, 0.1) is 18.5 Å². The van der Waals surface area contributed by atoms with Crippen LogP contribution in [0.5, 0.6) is 0 Å². The Morgan fingerprint density at radius 2 is 2.12 bits per heavy atom. The third-order valence-corrected chi connectivity index (χ3v) is 3.74. The molecule has 0 amide bonds. The van der Waals surface area contributed by atoms with Crippen molar-refractivity contribution in [2.45, 2.75) is 38.2 Å². The lowest BCUT2D eigenvalue weighted by atomic mass is 10.2. The summed E-state index contributed by atoms with van der Waals surface area (Å²) in [4.78, 5) is 0. The molecular weight excluding hydrogens is 252 g/mol. The third-order valence-electron chi connectivity index (χ3n) is 2.50. The Labute approximate surface area is 102 Å². The van der Waals surface area contributed by atoms with Crippen molar-refractivity contribution in [1.82, 2.24) is 0 Å². The summed E-state index contributed by atoms with van der Waals surface area (Å²) in [5, 5.41) is 0. The number of unbranched alkanes of at least 4 members (excludes halogenated alkanes) is 2. The Morgan fingerprint density at radius 1 is 1.31 bits per heavy atom. The van der Waals surface area contributed by atoms with E-state index in [1.165, 1.54) is 0 Å². The molecule has 0 aromatic heterocycles. The SMILES string of the molecule is O=S(=O)(Cl)CCCCCOCC1CCCO1. The van der Waals surface area contributed by atoms with Crippen LogP contribution in [0.15, 0.2) is 0 Å². The topological polar surface area (TPSA) is 52.6 Å². The number of hydrogen-bond donors (Lipinski definition) is 0. The second-order valence-electron chi connectivity index (χ2n) is 4.01. The highest BCUT2D eigenvalue weighted by molar-refractivity contribution is 8.13. The van der Waals surface area contributed by atoms with E-state index in [9.17, 15) is 8.42 Å². The van der Waals surface area contributed by atoms with E-state index >= 15 is 0 Å². The second kappa shape index (κ2) is 7.48. The molecule has 96 valence electrons. The van der Waals surface area contributed by atoms with E-state index in [4.69, 9.17) is 20.2 Å². The zero-order valence-corrected chi connectivity index (χ0v) is 10.9. The summed E-state index contributed by atoms with van der Waals surface area (Å²) in [6.45, 7) is 2.18.